The van der Waals surface area contributed by atoms with Crippen molar-refractivity contribution in [2.75, 3.05) is 10.7 Å². The van der Waals surface area contributed by atoms with Crippen LogP contribution in [0, 0.1) is 13.8 Å². The van der Waals surface area contributed by atoms with Crippen molar-refractivity contribution < 1.29 is 4.79 Å². The Morgan fingerprint density at radius 3 is 1.23 bits per heavy atom. The van der Waals surface area contributed by atoms with Crippen molar-refractivity contribution >= 4 is 17.4 Å². The minimum Gasteiger partial charge on any atom is -0.307 e. The average molecular weight is 412 g/mol. The number of aryl methyl sites for hydroxylation is 2. The van der Waals surface area contributed by atoms with Gasteiger partial charge in [-0.1, -0.05) is 108 Å². The highest BCUT2D eigenvalue weighted by molar-refractivity contribution is 5.89. The number of nitrogens with one attached hydrogen (secondary N) is 3. The van der Waals surface area contributed by atoms with E-state index in [9.17, 15) is 4.79 Å². The van der Waals surface area contributed by atoms with Crippen LogP contribution in [0.1, 0.15) is 11.1 Å². The summed E-state index contributed by atoms with van der Waals surface area (Å²) < 4.78 is 0. The molecule has 0 atom stereocenters. The normalized spacial score (nSPS) is 9.10. The zero-order valence-corrected chi connectivity index (χ0v) is 18.0. The monoisotopic (exact) mass is 411 g/mol. The highest BCUT2D eigenvalue weighted by Crippen LogP contribution is 2.05. The zero-order valence-electron chi connectivity index (χ0n) is 18.0. The summed E-state index contributed by atoms with van der Waals surface area (Å²) in [6.07, 6.45) is 0. The number of benzene rings is 4. The smallest absolute Gasteiger partial charge is 0.307 e. The van der Waals surface area contributed by atoms with Crippen LogP contribution in [0.2, 0.25) is 0 Å². The molecule has 4 rings (SSSR count). The van der Waals surface area contributed by atoms with Crippen LogP contribution in [0.15, 0.2) is 121 Å². The first-order chi connectivity index (χ1) is 15.1. The van der Waals surface area contributed by atoms with E-state index in [-0.39, 0.29) is 6.03 Å². The maximum absolute atomic E-state index is 11.5. The van der Waals surface area contributed by atoms with E-state index in [0.717, 1.165) is 11.4 Å². The second-order valence-electron chi connectivity index (χ2n) is 6.75. The summed E-state index contributed by atoms with van der Waals surface area (Å²) >= 11 is 0. The Hall–Kier alpha value is -4.05. The molecule has 158 valence electrons. The van der Waals surface area contributed by atoms with E-state index in [2.05, 4.69) is 54.3 Å². The lowest BCUT2D eigenvalue weighted by atomic mass is 10.2. The summed E-state index contributed by atoms with van der Waals surface area (Å²) in [5, 5.41) is 2.70. The van der Waals surface area contributed by atoms with Crippen LogP contribution < -0.4 is 16.2 Å². The molecule has 2 amide bonds. The van der Waals surface area contributed by atoms with Crippen LogP contribution >= 0.6 is 0 Å². The Morgan fingerprint density at radius 1 is 0.516 bits per heavy atom. The highest BCUT2D eigenvalue weighted by atomic mass is 16.2. The van der Waals surface area contributed by atoms with Crippen LogP contribution in [0.5, 0.6) is 0 Å². The van der Waals surface area contributed by atoms with Gasteiger partial charge < -0.3 is 5.32 Å². The number of para-hydroxylation sites is 2. The molecule has 0 fully saturated rings. The number of carbonyl (C=O) groups excluding carboxylic acids is 1. The van der Waals surface area contributed by atoms with E-state index in [4.69, 9.17) is 0 Å². The number of hydrogen-bond donors (Lipinski definition) is 3. The molecule has 0 aromatic heterocycles. The number of amides is 2. The van der Waals surface area contributed by atoms with Crippen LogP contribution in [0.25, 0.3) is 0 Å². The Kier molecular flexibility index (Phi) is 10.5. The molecular weight excluding hydrogens is 382 g/mol. The first kappa shape index (κ1) is 23.2. The number of rotatable bonds is 3. The Labute approximate surface area is 184 Å². The maximum Gasteiger partial charge on any atom is 0.337 e. The van der Waals surface area contributed by atoms with Gasteiger partial charge >= 0.3 is 6.03 Å². The fourth-order valence-corrected chi connectivity index (χ4v) is 2.40. The Morgan fingerprint density at radius 2 is 0.871 bits per heavy atom. The number of urea groups is 1. The molecule has 4 heteroatoms. The van der Waals surface area contributed by atoms with Gasteiger partial charge in [0.05, 0.1) is 5.69 Å². The minimum atomic E-state index is -0.306. The van der Waals surface area contributed by atoms with Crippen molar-refractivity contribution in [3.8, 4) is 0 Å². The molecule has 3 N–H and O–H groups in total. The lowest BCUT2D eigenvalue weighted by Gasteiger charge is -2.09. The van der Waals surface area contributed by atoms with Gasteiger partial charge in [-0.3, -0.25) is 10.9 Å². The third-order valence-corrected chi connectivity index (χ3v) is 4.01. The molecule has 31 heavy (non-hydrogen) atoms. The van der Waals surface area contributed by atoms with Gasteiger partial charge in [-0.2, -0.15) is 0 Å². The van der Waals surface area contributed by atoms with E-state index >= 15 is 0 Å². The fraction of sp³-hybridized carbons (Fsp3) is 0.0741. The molecule has 0 aliphatic carbocycles. The zero-order chi connectivity index (χ0) is 22.2. The predicted octanol–water partition coefficient (Wildman–Crippen LogP) is 6.83. The van der Waals surface area contributed by atoms with Gasteiger partial charge in [-0.15, -0.1) is 0 Å². The molecule has 0 saturated heterocycles. The highest BCUT2D eigenvalue weighted by Gasteiger charge is 1.99. The average Bonchev–Trinajstić information content (AvgIpc) is 2.81. The number of anilines is 2. The molecule has 0 spiro atoms. The van der Waals surface area contributed by atoms with Gasteiger partial charge in [0.25, 0.3) is 0 Å². The van der Waals surface area contributed by atoms with E-state index < -0.39 is 0 Å². The first-order valence-electron chi connectivity index (χ1n) is 10.1. The van der Waals surface area contributed by atoms with Crippen molar-refractivity contribution in [3.05, 3.63) is 132 Å². The number of hydrogen-bond acceptors (Lipinski definition) is 2. The van der Waals surface area contributed by atoms with Gasteiger partial charge in [0.2, 0.25) is 0 Å². The molecule has 4 aromatic rings. The second kappa shape index (κ2) is 14.0. The Balaban J connectivity index is 0.000000199. The molecular formula is C27H29N3O. The van der Waals surface area contributed by atoms with Gasteiger partial charge in [0.1, 0.15) is 0 Å². The molecule has 0 bridgehead atoms. The van der Waals surface area contributed by atoms with Gasteiger partial charge in [0, 0.05) is 5.69 Å². The van der Waals surface area contributed by atoms with Crippen LogP contribution in [0.4, 0.5) is 16.2 Å². The van der Waals surface area contributed by atoms with Crippen molar-refractivity contribution in [1.29, 1.82) is 0 Å². The lowest BCUT2D eigenvalue weighted by Crippen LogP contribution is -2.33. The number of hydrazine groups is 1. The maximum atomic E-state index is 11.5. The van der Waals surface area contributed by atoms with Crippen molar-refractivity contribution in [1.82, 2.24) is 5.43 Å². The third-order valence-electron chi connectivity index (χ3n) is 4.01. The SMILES string of the molecule is Cc1ccccc1.Cc1ccccc1.O=C(NNc1ccccc1)Nc1ccccc1. The largest absolute Gasteiger partial charge is 0.337 e. The second-order valence-corrected chi connectivity index (χ2v) is 6.75. The molecule has 0 aliphatic rings. The summed E-state index contributed by atoms with van der Waals surface area (Å²) in [6.45, 7) is 4.17. The summed E-state index contributed by atoms with van der Waals surface area (Å²) in [7, 11) is 0. The molecule has 4 aromatic carbocycles. The topological polar surface area (TPSA) is 53.2 Å². The molecule has 0 radical (unpaired) electrons. The summed E-state index contributed by atoms with van der Waals surface area (Å²) in [5.74, 6) is 0. The summed E-state index contributed by atoms with van der Waals surface area (Å²) in [4.78, 5) is 11.5. The van der Waals surface area contributed by atoms with E-state index in [1.54, 1.807) is 0 Å². The quantitative estimate of drug-likeness (QED) is 0.324. The third kappa shape index (κ3) is 10.9. The standard InChI is InChI=1S/C13H13N3O.2C7H8/c17-13(14-11-7-3-1-4-8-11)16-15-12-9-5-2-6-10-12;2*1-7-5-3-2-4-6-7/h1-10,15H,(H2,14,16,17);2*2-6H,1H3. The van der Waals surface area contributed by atoms with Crippen LogP contribution in [-0.4, -0.2) is 6.03 Å². The molecule has 0 unspecified atom stereocenters. The van der Waals surface area contributed by atoms with Crippen molar-refractivity contribution in [3.63, 3.8) is 0 Å². The Bertz CT molecular complexity index is 938. The van der Waals surface area contributed by atoms with Gasteiger partial charge in [-0.05, 0) is 38.1 Å². The van der Waals surface area contributed by atoms with Crippen molar-refractivity contribution in [2.45, 2.75) is 13.8 Å². The minimum absolute atomic E-state index is 0.306. The van der Waals surface area contributed by atoms with E-state index in [1.807, 2.05) is 97.1 Å². The summed E-state index contributed by atoms with van der Waals surface area (Å²) in [5.41, 5.74) is 9.57. The lowest BCUT2D eigenvalue weighted by molar-refractivity contribution is 0.254. The van der Waals surface area contributed by atoms with E-state index in [0.29, 0.717) is 0 Å². The van der Waals surface area contributed by atoms with Crippen LogP contribution in [0.3, 0.4) is 0 Å². The van der Waals surface area contributed by atoms with Crippen LogP contribution in [-0.2, 0) is 0 Å². The molecule has 4 nitrogen and oxygen atoms in total. The fourth-order valence-electron chi connectivity index (χ4n) is 2.40. The van der Waals surface area contributed by atoms with Gasteiger partial charge in [-0.25, -0.2) is 4.79 Å². The van der Waals surface area contributed by atoms with Crippen molar-refractivity contribution in [2.24, 2.45) is 0 Å². The summed E-state index contributed by atoms with van der Waals surface area (Å²) in [6, 6.07) is 38.9. The van der Waals surface area contributed by atoms with E-state index in [1.165, 1.54) is 11.1 Å². The molecule has 0 aliphatic heterocycles. The van der Waals surface area contributed by atoms with Gasteiger partial charge in [0.15, 0.2) is 0 Å². The molecule has 0 heterocycles. The molecule has 0 saturated carbocycles. The number of carbonyl (C=O) groups is 1. The first-order valence-corrected chi connectivity index (χ1v) is 10.1. The predicted molar refractivity (Wildman–Crippen MR) is 131 cm³/mol.